The molecule has 2 unspecified atom stereocenters. The molecule has 0 aromatic rings. The van der Waals surface area contributed by atoms with Gasteiger partial charge in [0.1, 0.15) is 5.54 Å². The third-order valence-corrected chi connectivity index (χ3v) is 3.57. The van der Waals surface area contributed by atoms with E-state index in [0.717, 1.165) is 6.42 Å². The molecule has 6 nitrogen and oxygen atoms in total. The summed E-state index contributed by atoms with van der Waals surface area (Å²) >= 11 is 0. The van der Waals surface area contributed by atoms with Crippen LogP contribution in [-0.4, -0.2) is 29.7 Å². The maximum atomic E-state index is 11.5. The fourth-order valence-electron chi connectivity index (χ4n) is 3.04. The monoisotopic (exact) mass is 254 g/mol. The van der Waals surface area contributed by atoms with E-state index >= 15 is 0 Å². The summed E-state index contributed by atoms with van der Waals surface area (Å²) in [6.07, 6.45) is 3.11. The van der Waals surface area contributed by atoms with Gasteiger partial charge in [-0.3, -0.25) is 4.79 Å². The first-order valence-corrected chi connectivity index (χ1v) is 6.49. The lowest BCUT2D eigenvalue weighted by Gasteiger charge is -2.40. The van der Waals surface area contributed by atoms with Crippen molar-refractivity contribution in [2.75, 3.05) is 13.1 Å². The highest BCUT2D eigenvalue weighted by Gasteiger charge is 2.43. The Morgan fingerprint density at radius 3 is 2.61 bits per heavy atom. The van der Waals surface area contributed by atoms with Gasteiger partial charge >= 0.3 is 5.97 Å². The van der Waals surface area contributed by atoms with Crippen LogP contribution in [0.15, 0.2) is 5.11 Å². The lowest BCUT2D eigenvalue weighted by atomic mass is 9.71. The predicted octanol–water partition coefficient (Wildman–Crippen LogP) is 2.56. The first kappa shape index (κ1) is 14.8. The maximum Gasteiger partial charge on any atom is 0.323 e. The highest BCUT2D eigenvalue weighted by molar-refractivity contribution is 5.79. The van der Waals surface area contributed by atoms with Gasteiger partial charge in [-0.25, -0.2) is 0 Å². The number of hydrogen-bond donors (Lipinski definition) is 2. The van der Waals surface area contributed by atoms with Gasteiger partial charge in [0, 0.05) is 11.5 Å². The minimum Gasteiger partial charge on any atom is -0.480 e. The van der Waals surface area contributed by atoms with E-state index in [9.17, 15) is 9.90 Å². The molecule has 0 radical (unpaired) electrons. The third-order valence-electron chi connectivity index (χ3n) is 3.57. The van der Waals surface area contributed by atoms with E-state index in [2.05, 4.69) is 29.2 Å². The van der Waals surface area contributed by atoms with Crippen molar-refractivity contribution in [1.29, 1.82) is 0 Å². The van der Waals surface area contributed by atoms with Crippen molar-refractivity contribution in [3.05, 3.63) is 10.4 Å². The SMILES string of the molecule is CC1CC(C)CC(NCCCN=[N+]=[N-])(C(=O)O)C1. The van der Waals surface area contributed by atoms with Crippen LogP contribution in [0.1, 0.15) is 39.5 Å². The van der Waals surface area contributed by atoms with Gasteiger partial charge < -0.3 is 10.4 Å². The molecule has 0 bridgehead atoms. The lowest BCUT2D eigenvalue weighted by molar-refractivity contribution is -0.148. The highest BCUT2D eigenvalue weighted by atomic mass is 16.4. The molecule has 0 heterocycles. The van der Waals surface area contributed by atoms with Crippen molar-refractivity contribution in [2.45, 2.75) is 45.1 Å². The zero-order valence-corrected chi connectivity index (χ0v) is 11.1. The summed E-state index contributed by atoms with van der Waals surface area (Å²) in [6, 6.07) is 0. The summed E-state index contributed by atoms with van der Waals surface area (Å²) < 4.78 is 0. The van der Waals surface area contributed by atoms with E-state index in [1.807, 2.05) is 0 Å². The Hall–Kier alpha value is -1.26. The van der Waals surface area contributed by atoms with Crippen molar-refractivity contribution >= 4 is 5.97 Å². The van der Waals surface area contributed by atoms with E-state index in [0.29, 0.717) is 44.2 Å². The van der Waals surface area contributed by atoms with E-state index in [1.165, 1.54) is 0 Å². The molecule has 1 aliphatic rings. The number of aliphatic carboxylic acids is 1. The summed E-state index contributed by atoms with van der Waals surface area (Å²) in [5, 5.41) is 16.1. The fraction of sp³-hybridized carbons (Fsp3) is 0.917. The van der Waals surface area contributed by atoms with Gasteiger partial charge in [0.15, 0.2) is 0 Å². The number of azide groups is 1. The Balaban J connectivity index is 2.57. The fourth-order valence-corrected chi connectivity index (χ4v) is 3.04. The van der Waals surface area contributed by atoms with Crippen molar-refractivity contribution in [1.82, 2.24) is 5.32 Å². The Morgan fingerprint density at radius 1 is 1.50 bits per heavy atom. The molecular weight excluding hydrogens is 232 g/mol. The lowest BCUT2D eigenvalue weighted by Crippen LogP contribution is -2.56. The van der Waals surface area contributed by atoms with Crippen LogP contribution in [0.25, 0.3) is 10.4 Å². The minimum absolute atomic E-state index is 0.407. The second kappa shape index (κ2) is 6.61. The van der Waals surface area contributed by atoms with Crippen LogP contribution in [0, 0.1) is 11.8 Å². The number of rotatable bonds is 6. The molecule has 2 N–H and O–H groups in total. The molecule has 0 amide bonds. The summed E-state index contributed by atoms with van der Waals surface area (Å²) in [4.78, 5) is 14.2. The van der Waals surface area contributed by atoms with E-state index in [1.54, 1.807) is 0 Å². The van der Waals surface area contributed by atoms with Crippen LogP contribution in [0.4, 0.5) is 0 Å². The number of nitrogens with one attached hydrogen (secondary N) is 1. The number of carboxylic acids is 1. The van der Waals surface area contributed by atoms with Crippen molar-refractivity contribution in [2.24, 2.45) is 17.0 Å². The Bertz CT molecular complexity index is 329. The van der Waals surface area contributed by atoms with Crippen molar-refractivity contribution < 1.29 is 9.90 Å². The van der Waals surface area contributed by atoms with Gasteiger partial charge in [-0.2, -0.15) is 0 Å². The predicted molar refractivity (Wildman–Crippen MR) is 69.2 cm³/mol. The molecule has 102 valence electrons. The average Bonchev–Trinajstić information content (AvgIpc) is 2.27. The summed E-state index contributed by atoms with van der Waals surface area (Å²) in [7, 11) is 0. The molecule has 18 heavy (non-hydrogen) atoms. The van der Waals surface area contributed by atoms with Gasteiger partial charge in [0.05, 0.1) is 0 Å². The molecule has 0 aliphatic heterocycles. The van der Waals surface area contributed by atoms with Crippen molar-refractivity contribution in [3.63, 3.8) is 0 Å². The Labute approximate surface area is 107 Å². The number of hydrogen-bond acceptors (Lipinski definition) is 3. The Kier molecular flexibility index (Phi) is 5.44. The molecule has 0 aromatic carbocycles. The molecule has 0 saturated heterocycles. The van der Waals surface area contributed by atoms with Gasteiger partial charge in [-0.05, 0) is 49.6 Å². The molecule has 6 heteroatoms. The van der Waals surface area contributed by atoms with Gasteiger partial charge in [-0.15, -0.1) is 0 Å². The highest BCUT2D eigenvalue weighted by Crippen LogP contribution is 2.36. The third kappa shape index (κ3) is 3.89. The molecule has 1 rings (SSSR count). The number of carboxylic acid groups (broad SMARTS) is 1. The second-order valence-electron chi connectivity index (χ2n) is 5.48. The summed E-state index contributed by atoms with van der Waals surface area (Å²) in [5.41, 5.74) is 7.37. The van der Waals surface area contributed by atoms with Gasteiger partial charge in [0.25, 0.3) is 0 Å². The average molecular weight is 254 g/mol. The van der Waals surface area contributed by atoms with Crippen molar-refractivity contribution in [3.8, 4) is 0 Å². The van der Waals surface area contributed by atoms with E-state index in [-0.39, 0.29) is 0 Å². The van der Waals surface area contributed by atoms with Crippen LogP contribution < -0.4 is 5.32 Å². The molecule has 0 aromatic heterocycles. The Morgan fingerprint density at radius 2 is 2.11 bits per heavy atom. The molecule has 1 fully saturated rings. The quantitative estimate of drug-likeness (QED) is 0.330. The van der Waals surface area contributed by atoms with Crippen LogP contribution in [0.2, 0.25) is 0 Å². The molecule has 2 atom stereocenters. The number of carbonyl (C=O) groups is 1. The summed E-state index contributed by atoms with van der Waals surface area (Å²) in [5.74, 6) is 0.0913. The van der Waals surface area contributed by atoms with Crippen LogP contribution in [-0.2, 0) is 4.79 Å². The zero-order valence-electron chi connectivity index (χ0n) is 11.1. The van der Waals surface area contributed by atoms with Crippen LogP contribution >= 0.6 is 0 Å². The molecule has 0 spiro atoms. The molecule has 1 saturated carbocycles. The number of nitrogens with zero attached hydrogens (tertiary/aromatic N) is 3. The largest absolute Gasteiger partial charge is 0.480 e. The summed E-state index contributed by atoms with van der Waals surface area (Å²) in [6.45, 7) is 5.19. The maximum absolute atomic E-state index is 11.5. The minimum atomic E-state index is -0.798. The first-order chi connectivity index (χ1) is 8.50. The van der Waals surface area contributed by atoms with E-state index < -0.39 is 11.5 Å². The van der Waals surface area contributed by atoms with Crippen LogP contribution in [0.3, 0.4) is 0 Å². The normalized spacial score (nSPS) is 31.7. The standard InChI is InChI=1S/C12H22N4O2/c1-9-6-10(2)8-12(7-9,11(17)18)14-4-3-5-15-16-13/h9-10,14H,3-8H2,1-2H3,(H,17,18). The smallest absolute Gasteiger partial charge is 0.323 e. The second-order valence-corrected chi connectivity index (χ2v) is 5.48. The molecular formula is C12H22N4O2. The van der Waals surface area contributed by atoms with Crippen LogP contribution in [0.5, 0.6) is 0 Å². The topological polar surface area (TPSA) is 98.1 Å². The first-order valence-electron chi connectivity index (χ1n) is 6.49. The van der Waals surface area contributed by atoms with Gasteiger partial charge in [0.2, 0.25) is 0 Å². The van der Waals surface area contributed by atoms with E-state index in [4.69, 9.17) is 5.53 Å². The van der Waals surface area contributed by atoms with Gasteiger partial charge in [-0.1, -0.05) is 19.0 Å². The zero-order chi connectivity index (χ0) is 13.6. The molecule has 1 aliphatic carbocycles.